The number of para-hydroxylation sites is 1. The number of fused-ring (bicyclic) bond motifs is 2. The first-order chi connectivity index (χ1) is 10.9. The lowest BCUT2D eigenvalue weighted by Gasteiger charge is -2.31. The summed E-state index contributed by atoms with van der Waals surface area (Å²) in [6.07, 6.45) is -4.15. The van der Waals surface area contributed by atoms with Gasteiger partial charge in [0.05, 0.1) is 16.9 Å². The summed E-state index contributed by atoms with van der Waals surface area (Å²) in [7, 11) is 0. The highest BCUT2D eigenvalue weighted by Crippen LogP contribution is 2.45. The maximum absolute atomic E-state index is 13.0. The predicted molar refractivity (Wildman–Crippen MR) is 78.2 cm³/mol. The summed E-state index contributed by atoms with van der Waals surface area (Å²) in [5, 5.41) is 0. The number of Topliss-reactive ketones (excluding diaryl/α,β-unsaturated/α-hetero) is 1. The van der Waals surface area contributed by atoms with E-state index in [1.165, 1.54) is 6.07 Å². The van der Waals surface area contributed by atoms with Crippen LogP contribution in [0.5, 0.6) is 5.75 Å². The molecule has 2 aromatic rings. The number of ketones is 1. The van der Waals surface area contributed by atoms with Crippen molar-refractivity contribution < 1.29 is 22.7 Å². The lowest BCUT2D eigenvalue weighted by molar-refractivity contribution is -0.137. The molecule has 0 amide bonds. The van der Waals surface area contributed by atoms with Crippen molar-refractivity contribution in [3.05, 3.63) is 53.1 Å². The summed E-state index contributed by atoms with van der Waals surface area (Å²) in [5.41, 5.74) is 1.65. The zero-order chi connectivity index (χ0) is 16.2. The van der Waals surface area contributed by atoms with Gasteiger partial charge in [-0.1, -0.05) is 12.1 Å². The molecular formula is C17H12F3NO2. The standard InChI is InChI=1S/C17H12F3NO2/c18-17(19,20)11-4-5-15-13(8-11)21-7-6-14(22)12-3-1-2-10(9-23-15)16(12)21/h1-5,8H,6-7,9H2. The number of rotatable bonds is 0. The minimum Gasteiger partial charge on any atom is -0.487 e. The van der Waals surface area contributed by atoms with Crippen LogP contribution in [0.1, 0.15) is 27.9 Å². The van der Waals surface area contributed by atoms with Crippen LogP contribution in [0, 0.1) is 0 Å². The number of carbonyl (C=O) groups is 1. The van der Waals surface area contributed by atoms with Crippen LogP contribution in [0.4, 0.5) is 24.5 Å². The van der Waals surface area contributed by atoms with Crippen LogP contribution in [0.15, 0.2) is 36.4 Å². The third-order valence-corrected chi connectivity index (χ3v) is 4.21. The average Bonchev–Trinajstić information content (AvgIpc) is 2.68. The lowest BCUT2D eigenvalue weighted by atomic mass is 9.96. The molecule has 0 fully saturated rings. The number of nitrogens with zero attached hydrogens (tertiary/aromatic N) is 1. The Kier molecular flexibility index (Phi) is 2.91. The number of benzene rings is 2. The fourth-order valence-electron chi connectivity index (χ4n) is 3.13. The van der Waals surface area contributed by atoms with Gasteiger partial charge in [0.15, 0.2) is 5.78 Å². The lowest BCUT2D eigenvalue weighted by Crippen LogP contribution is -2.28. The van der Waals surface area contributed by atoms with Gasteiger partial charge in [0, 0.05) is 24.1 Å². The minimum atomic E-state index is -4.42. The number of anilines is 2. The van der Waals surface area contributed by atoms with Crippen molar-refractivity contribution in [2.75, 3.05) is 11.4 Å². The molecule has 0 atom stereocenters. The van der Waals surface area contributed by atoms with Crippen molar-refractivity contribution in [1.82, 2.24) is 0 Å². The van der Waals surface area contributed by atoms with Crippen molar-refractivity contribution in [1.29, 1.82) is 0 Å². The SMILES string of the molecule is O=C1CCN2c3cc(C(F)(F)F)ccc3OCc3cccc1c32. The van der Waals surface area contributed by atoms with Crippen LogP contribution in [0.3, 0.4) is 0 Å². The minimum absolute atomic E-state index is 0.00789. The smallest absolute Gasteiger partial charge is 0.416 e. The Hall–Kier alpha value is -2.50. The molecule has 0 radical (unpaired) electrons. The zero-order valence-corrected chi connectivity index (χ0v) is 12.0. The van der Waals surface area contributed by atoms with Crippen molar-refractivity contribution in [3.8, 4) is 5.75 Å². The van der Waals surface area contributed by atoms with E-state index in [2.05, 4.69) is 0 Å². The molecule has 6 heteroatoms. The first-order valence-corrected chi connectivity index (χ1v) is 7.22. The van der Waals surface area contributed by atoms with Gasteiger partial charge in [0.25, 0.3) is 0 Å². The number of ether oxygens (including phenoxy) is 1. The largest absolute Gasteiger partial charge is 0.487 e. The number of carbonyl (C=O) groups excluding carboxylic acids is 1. The van der Waals surface area contributed by atoms with Crippen LogP contribution in [0.2, 0.25) is 0 Å². The molecule has 118 valence electrons. The summed E-state index contributed by atoms with van der Waals surface area (Å²) in [4.78, 5) is 13.9. The van der Waals surface area contributed by atoms with E-state index < -0.39 is 11.7 Å². The summed E-state index contributed by atoms with van der Waals surface area (Å²) in [6.45, 7) is 0.575. The van der Waals surface area contributed by atoms with Crippen LogP contribution in [-0.4, -0.2) is 12.3 Å². The molecule has 0 aliphatic carbocycles. The third-order valence-electron chi connectivity index (χ3n) is 4.21. The molecule has 0 spiro atoms. The van der Waals surface area contributed by atoms with Gasteiger partial charge in [-0.2, -0.15) is 13.2 Å². The van der Waals surface area contributed by atoms with E-state index in [1.54, 1.807) is 17.0 Å². The third kappa shape index (κ3) is 2.17. The van der Waals surface area contributed by atoms with Gasteiger partial charge < -0.3 is 9.64 Å². The molecule has 2 heterocycles. The van der Waals surface area contributed by atoms with Gasteiger partial charge in [-0.25, -0.2) is 0 Å². The van der Waals surface area contributed by atoms with E-state index in [-0.39, 0.29) is 18.8 Å². The Morgan fingerprint density at radius 2 is 1.96 bits per heavy atom. The summed E-state index contributed by atoms with van der Waals surface area (Å²) in [5.74, 6) is 0.406. The van der Waals surface area contributed by atoms with Crippen LogP contribution < -0.4 is 9.64 Å². The topological polar surface area (TPSA) is 29.5 Å². The first-order valence-electron chi connectivity index (χ1n) is 7.22. The fourth-order valence-corrected chi connectivity index (χ4v) is 3.13. The average molecular weight is 319 g/mol. The Labute approximate surface area is 130 Å². The first kappa shape index (κ1) is 14.1. The van der Waals surface area contributed by atoms with Gasteiger partial charge in [-0.15, -0.1) is 0 Å². The van der Waals surface area contributed by atoms with E-state index >= 15 is 0 Å². The zero-order valence-electron chi connectivity index (χ0n) is 12.0. The molecule has 2 aliphatic heterocycles. The molecule has 2 aromatic carbocycles. The van der Waals surface area contributed by atoms with E-state index in [9.17, 15) is 18.0 Å². The molecule has 2 aliphatic rings. The molecular weight excluding hydrogens is 307 g/mol. The fraction of sp³-hybridized carbons (Fsp3) is 0.235. The predicted octanol–water partition coefficient (Wildman–Crippen LogP) is 4.32. The number of halogens is 3. The van der Waals surface area contributed by atoms with Crippen molar-refractivity contribution in [3.63, 3.8) is 0 Å². The molecule has 0 unspecified atom stereocenters. The Morgan fingerprint density at radius 3 is 2.74 bits per heavy atom. The van der Waals surface area contributed by atoms with Crippen LogP contribution in [-0.2, 0) is 12.8 Å². The van der Waals surface area contributed by atoms with Gasteiger partial charge in [-0.05, 0) is 24.3 Å². The van der Waals surface area contributed by atoms with E-state index in [0.29, 0.717) is 29.2 Å². The van der Waals surface area contributed by atoms with Crippen LogP contribution in [0.25, 0.3) is 0 Å². The van der Waals surface area contributed by atoms with E-state index in [0.717, 1.165) is 17.7 Å². The van der Waals surface area contributed by atoms with Crippen molar-refractivity contribution >= 4 is 17.2 Å². The summed E-state index contributed by atoms with van der Waals surface area (Å²) < 4.78 is 44.8. The summed E-state index contributed by atoms with van der Waals surface area (Å²) >= 11 is 0. The van der Waals surface area contributed by atoms with Gasteiger partial charge in [-0.3, -0.25) is 4.79 Å². The highest BCUT2D eigenvalue weighted by Gasteiger charge is 2.35. The molecule has 0 bridgehead atoms. The normalized spacial score (nSPS) is 16.3. The maximum atomic E-state index is 13.0. The number of hydrogen-bond donors (Lipinski definition) is 0. The molecule has 0 saturated carbocycles. The second-order valence-electron chi connectivity index (χ2n) is 5.61. The Morgan fingerprint density at radius 1 is 1.13 bits per heavy atom. The highest BCUT2D eigenvalue weighted by atomic mass is 19.4. The van der Waals surface area contributed by atoms with E-state index in [4.69, 9.17) is 4.74 Å². The van der Waals surface area contributed by atoms with Crippen molar-refractivity contribution in [2.45, 2.75) is 19.2 Å². The molecule has 3 nitrogen and oxygen atoms in total. The van der Waals surface area contributed by atoms with Crippen LogP contribution >= 0.6 is 0 Å². The van der Waals surface area contributed by atoms with E-state index in [1.807, 2.05) is 6.07 Å². The number of alkyl halides is 3. The maximum Gasteiger partial charge on any atom is 0.416 e. The number of hydrogen-bond acceptors (Lipinski definition) is 3. The highest BCUT2D eigenvalue weighted by molar-refractivity contribution is 6.05. The quantitative estimate of drug-likeness (QED) is 0.724. The summed E-state index contributed by atoms with van der Waals surface area (Å²) in [6, 6.07) is 8.78. The Bertz CT molecular complexity index is 814. The Balaban J connectivity index is 1.94. The second kappa shape index (κ2) is 4.75. The second-order valence-corrected chi connectivity index (χ2v) is 5.61. The molecule has 0 aromatic heterocycles. The van der Waals surface area contributed by atoms with Gasteiger partial charge >= 0.3 is 6.18 Å². The molecule has 4 rings (SSSR count). The molecule has 0 saturated heterocycles. The molecule has 23 heavy (non-hydrogen) atoms. The monoisotopic (exact) mass is 319 g/mol. The van der Waals surface area contributed by atoms with Gasteiger partial charge in [0.2, 0.25) is 0 Å². The van der Waals surface area contributed by atoms with Gasteiger partial charge in [0.1, 0.15) is 12.4 Å². The van der Waals surface area contributed by atoms with Crippen molar-refractivity contribution in [2.24, 2.45) is 0 Å². The molecule has 0 N–H and O–H groups in total.